The molecule has 2 aromatic rings. The summed E-state index contributed by atoms with van der Waals surface area (Å²) in [7, 11) is 0. The van der Waals surface area contributed by atoms with Crippen LogP contribution in [0.25, 0.3) is 0 Å². The zero-order valence-corrected chi connectivity index (χ0v) is 15.9. The Morgan fingerprint density at radius 2 is 1.93 bits per heavy atom. The number of nitrogens with one attached hydrogen (secondary N) is 2. The van der Waals surface area contributed by atoms with Crippen LogP contribution in [0.5, 0.6) is 0 Å². The number of hydrogen-bond donors (Lipinski definition) is 2. The van der Waals surface area contributed by atoms with Crippen molar-refractivity contribution < 1.29 is 4.79 Å². The zero-order chi connectivity index (χ0) is 18.5. The lowest BCUT2D eigenvalue weighted by molar-refractivity contribution is 0.0951. The molecule has 1 saturated heterocycles. The van der Waals surface area contributed by atoms with Crippen molar-refractivity contribution in [3.63, 3.8) is 0 Å². The second kappa shape index (κ2) is 8.68. The molecule has 4 heteroatoms. The molecule has 2 aliphatic rings. The number of amides is 1. The van der Waals surface area contributed by atoms with E-state index in [9.17, 15) is 4.79 Å². The summed E-state index contributed by atoms with van der Waals surface area (Å²) in [6.45, 7) is 5.93. The van der Waals surface area contributed by atoms with Crippen molar-refractivity contribution in [1.82, 2.24) is 15.5 Å². The molecule has 1 unspecified atom stereocenters. The number of nitrogens with zero attached hydrogens (tertiary/aromatic N) is 1. The van der Waals surface area contributed by atoms with Crippen LogP contribution in [0.15, 0.2) is 48.5 Å². The average Bonchev–Trinajstić information content (AvgIpc) is 3.15. The first-order chi connectivity index (χ1) is 13.3. The molecular weight excluding hydrogens is 334 g/mol. The third kappa shape index (κ3) is 4.57. The van der Waals surface area contributed by atoms with Crippen LogP contribution in [0.3, 0.4) is 0 Å². The summed E-state index contributed by atoms with van der Waals surface area (Å²) in [4.78, 5) is 15.0. The Balaban J connectivity index is 1.23. The highest BCUT2D eigenvalue weighted by Crippen LogP contribution is 2.24. The second-order valence-corrected chi connectivity index (χ2v) is 7.76. The lowest BCUT2D eigenvalue weighted by Gasteiger charge is -2.23. The van der Waals surface area contributed by atoms with Gasteiger partial charge in [0.1, 0.15) is 0 Å². The Kier molecular flexibility index (Phi) is 5.85. The minimum atomic E-state index is 0.0466. The summed E-state index contributed by atoms with van der Waals surface area (Å²) in [5.41, 5.74) is 4.95. The van der Waals surface area contributed by atoms with Gasteiger partial charge in [-0.25, -0.2) is 0 Å². The van der Waals surface area contributed by atoms with Gasteiger partial charge in [0.15, 0.2) is 0 Å². The van der Waals surface area contributed by atoms with Crippen molar-refractivity contribution in [3.05, 3.63) is 70.8 Å². The molecule has 1 atom stereocenters. The standard InChI is InChI=1S/C23H29N3O/c27-23(19-9-3-8-18(14-19)20-10-4-11-24-15-20)25-12-5-13-26-16-21-6-1-2-7-22(21)17-26/h1-3,6-9,14,20,24H,4-5,10-13,15-17H2,(H,25,27). The molecule has 0 aliphatic carbocycles. The predicted molar refractivity (Wildman–Crippen MR) is 109 cm³/mol. The number of piperidine rings is 1. The molecule has 2 aromatic carbocycles. The molecule has 4 rings (SSSR count). The van der Waals surface area contributed by atoms with Gasteiger partial charge in [-0.1, -0.05) is 36.4 Å². The first-order valence-electron chi connectivity index (χ1n) is 10.2. The number of hydrogen-bond acceptors (Lipinski definition) is 3. The average molecular weight is 364 g/mol. The summed E-state index contributed by atoms with van der Waals surface area (Å²) in [6.07, 6.45) is 3.39. The summed E-state index contributed by atoms with van der Waals surface area (Å²) in [5.74, 6) is 0.577. The fraction of sp³-hybridized carbons (Fsp3) is 0.435. The van der Waals surface area contributed by atoms with Crippen molar-refractivity contribution >= 4 is 5.91 Å². The Labute approximate surface area is 162 Å². The summed E-state index contributed by atoms with van der Waals surface area (Å²) >= 11 is 0. The van der Waals surface area contributed by atoms with Crippen molar-refractivity contribution in [2.75, 3.05) is 26.2 Å². The van der Waals surface area contributed by atoms with E-state index in [1.807, 2.05) is 12.1 Å². The molecule has 0 radical (unpaired) electrons. The first kappa shape index (κ1) is 18.2. The number of carbonyl (C=O) groups is 1. The monoisotopic (exact) mass is 363 g/mol. The van der Waals surface area contributed by atoms with Crippen LogP contribution in [0, 0.1) is 0 Å². The van der Waals surface area contributed by atoms with Crippen molar-refractivity contribution in [3.8, 4) is 0 Å². The van der Waals surface area contributed by atoms with Gasteiger partial charge in [0.05, 0.1) is 0 Å². The highest BCUT2D eigenvalue weighted by atomic mass is 16.1. The van der Waals surface area contributed by atoms with Crippen LogP contribution in [0.2, 0.25) is 0 Å². The molecule has 0 spiro atoms. The van der Waals surface area contributed by atoms with Gasteiger partial charge in [-0.15, -0.1) is 0 Å². The molecule has 2 N–H and O–H groups in total. The number of fused-ring (bicyclic) bond motifs is 1. The number of benzene rings is 2. The van der Waals surface area contributed by atoms with E-state index < -0.39 is 0 Å². The number of rotatable bonds is 6. The van der Waals surface area contributed by atoms with Crippen molar-refractivity contribution in [2.45, 2.75) is 38.3 Å². The van der Waals surface area contributed by atoms with Gasteiger partial charge in [-0.2, -0.15) is 0 Å². The third-order valence-corrected chi connectivity index (χ3v) is 5.76. The molecule has 2 aliphatic heterocycles. The van der Waals surface area contributed by atoms with Gasteiger partial charge in [-0.3, -0.25) is 9.69 Å². The number of carbonyl (C=O) groups excluding carboxylic acids is 1. The Morgan fingerprint density at radius 3 is 2.67 bits per heavy atom. The Hall–Kier alpha value is -2.17. The van der Waals surface area contributed by atoms with Crippen LogP contribution >= 0.6 is 0 Å². The SMILES string of the molecule is O=C(NCCCN1Cc2ccccc2C1)c1cccc(C2CCCNC2)c1. The zero-order valence-electron chi connectivity index (χ0n) is 15.9. The van der Waals surface area contributed by atoms with Gasteiger partial charge in [0.2, 0.25) is 0 Å². The lowest BCUT2D eigenvalue weighted by atomic mass is 9.90. The smallest absolute Gasteiger partial charge is 0.251 e. The minimum absolute atomic E-state index is 0.0466. The quantitative estimate of drug-likeness (QED) is 0.774. The van der Waals surface area contributed by atoms with E-state index in [1.165, 1.54) is 29.5 Å². The van der Waals surface area contributed by atoms with Gasteiger partial charge in [0.25, 0.3) is 5.91 Å². The predicted octanol–water partition coefficient (Wildman–Crippen LogP) is 3.29. The minimum Gasteiger partial charge on any atom is -0.352 e. The molecule has 0 saturated carbocycles. The summed E-state index contributed by atoms with van der Waals surface area (Å²) in [5, 5.41) is 6.55. The molecule has 142 valence electrons. The summed E-state index contributed by atoms with van der Waals surface area (Å²) < 4.78 is 0. The maximum absolute atomic E-state index is 12.5. The van der Waals surface area contributed by atoms with Crippen LogP contribution in [0.1, 0.15) is 52.2 Å². The topological polar surface area (TPSA) is 44.4 Å². The molecule has 0 aromatic heterocycles. The van der Waals surface area contributed by atoms with Gasteiger partial charge < -0.3 is 10.6 Å². The van der Waals surface area contributed by atoms with E-state index in [0.717, 1.165) is 51.3 Å². The largest absolute Gasteiger partial charge is 0.352 e. The maximum Gasteiger partial charge on any atom is 0.251 e. The van der Waals surface area contributed by atoms with E-state index in [1.54, 1.807) is 0 Å². The van der Waals surface area contributed by atoms with Crippen LogP contribution in [-0.4, -0.2) is 37.0 Å². The van der Waals surface area contributed by atoms with E-state index in [-0.39, 0.29) is 5.91 Å². The van der Waals surface area contributed by atoms with Crippen LogP contribution < -0.4 is 10.6 Å². The van der Waals surface area contributed by atoms with E-state index in [4.69, 9.17) is 0 Å². The molecule has 4 nitrogen and oxygen atoms in total. The highest BCUT2D eigenvalue weighted by Gasteiger charge is 2.18. The second-order valence-electron chi connectivity index (χ2n) is 7.76. The van der Waals surface area contributed by atoms with Gasteiger partial charge in [0, 0.05) is 38.3 Å². The first-order valence-corrected chi connectivity index (χ1v) is 10.2. The van der Waals surface area contributed by atoms with Crippen LogP contribution in [0.4, 0.5) is 0 Å². The molecule has 27 heavy (non-hydrogen) atoms. The van der Waals surface area contributed by atoms with Gasteiger partial charge >= 0.3 is 0 Å². The fourth-order valence-corrected chi connectivity index (χ4v) is 4.24. The summed E-state index contributed by atoms with van der Waals surface area (Å²) in [6, 6.07) is 16.8. The molecule has 1 fully saturated rings. The molecule has 0 bridgehead atoms. The Bertz CT molecular complexity index is 758. The highest BCUT2D eigenvalue weighted by molar-refractivity contribution is 5.94. The van der Waals surface area contributed by atoms with Crippen molar-refractivity contribution in [1.29, 1.82) is 0 Å². The third-order valence-electron chi connectivity index (χ3n) is 5.76. The lowest BCUT2D eigenvalue weighted by Crippen LogP contribution is -2.29. The van der Waals surface area contributed by atoms with Crippen molar-refractivity contribution in [2.24, 2.45) is 0 Å². The normalized spacial score (nSPS) is 19.6. The fourth-order valence-electron chi connectivity index (χ4n) is 4.24. The van der Waals surface area contributed by atoms with E-state index in [2.05, 4.69) is 51.9 Å². The molecule has 1 amide bonds. The van der Waals surface area contributed by atoms with Crippen LogP contribution in [-0.2, 0) is 13.1 Å². The van der Waals surface area contributed by atoms with Gasteiger partial charge in [-0.05, 0) is 60.5 Å². The van der Waals surface area contributed by atoms with E-state index in [0.29, 0.717) is 5.92 Å². The maximum atomic E-state index is 12.5. The molecule has 2 heterocycles. The van der Waals surface area contributed by atoms with E-state index >= 15 is 0 Å². The molecular formula is C23H29N3O. The Morgan fingerprint density at radius 1 is 1.11 bits per heavy atom.